The van der Waals surface area contributed by atoms with Crippen LogP contribution in [0.15, 0.2) is 30.3 Å². The fourth-order valence-electron chi connectivity index (χ4n) is 2.24. The highest BCUT2D eigenvalue weighted by Crippen LogP contribution is 2.33. The Bertz CT molecular complexity index is 872. The highest BCUT2D eigenvalue weighted by molar-refractivity contribution is 6.43. The molecule has 0 saturated carbocycles. The topological polar surface area (TPSA) is 58.6 Å². The van der Waals surface area contributed by atoms with Crippen molar-refractivity contribution in [3.63, 3.8) is 0 Å². The van der Waals surface area contributed by atoms with Crippen LogP contribution in [0.5, 0.6) is 5.75 Å². The summed E-state index contributed by atoms with van der Waals surface area (Å²) >= 11 is 17.8. The van der Waals surface area contributed by atoms with Gasteiger partial charge in [0.25, 0.3) is 5.91 Å². The van der Waals surface area contributed by atoms with Gasteiger partial charge in [0.15, 0.2) is 6.61 Å². The fraction of sp³-hybridized carbons (Fsp3) is 0.263. The highest BCUT2D eigenvalue weighted by Gasteiger charge is 2.16. The maximum Gasteiger partial charge on any atom is 0.260 e. The van der Waals surface area contributed by atoms with Gasteiger partial charge in [-0.25, -0.2) is 0 Å². The standard InChI is InChI=1S/C19H19Cl3N2O3/c1-11-5-4-6-16(12(11)2)23-18(25)9-24(3)19(26)10-27-17-8-14(21)13(20)7-15(17)22/h4-8H,9-10H2,1-3H3,(H,23,25). The van der Waals surface area contributed by atoms with E-state index in [-0.39, 0.29) is 40.8 Å². The number of benzene rings is 2. The molecule has 2 aromatic carbocycles. The van der Waals surface area contributed by atoms with Crippen molar-refractivity contribution in [2.75, 3.05) is 25.5 Å². The average molecular weight is 430 g/mol. The van der Waals surface area contributed by atoms with Crippen LogP contribution in [-0.2, 0) is 9.59 Å². The van der Waals surface area contributed by atoms with Crippen LogP contribution in [0, 0.1) is 13.8 Å². The molecule has 0 unspecified atom stereocenters. The molecule has 0 saturated heterocycles. The number of nitrogens with zero attached hydrogens (tertiary/aromatic N) is 1. The van der Waals surface area contributed by atoms with Crippen LogP contribution in [0.2, 0.25) is 15.1 Å². The molecule has 0 spiro atoms. The fourth-order valence-corrected chi connectivity index (χ4v) is 2.84. The maximum absolute atomic E-state index is 12.2. The quantitative estimate of drug-likeness (QED) is 0.675. The molecule has 0 atom stereocenters. The lowest BCUT2D eigenvalue weighted by Crippen LogP contribution is -2.37. The van der Waals surface area contributed by atoms with Crippen molar-refractivity contribution >= 4 is 52.3 Å². The van der Waals surface area contributed by atoms with Crippen molar-refractivity contribution in [3.05, 3.63) is 56.5 Å². The van der Waals surface area contributed by atoms with Crippen LogP contribution in [0.1, 0.15) is 11.1 Å². The summed E-state index contributed by atoms with van der Waals surface area (Å²) in [4.78, 5) is 25.7. The summed E-state index contributed by atoms with van der Waals surface area (Å²) in [5.41, 5.74) is 2.78. The first-order chi connectivity index (χ1) is 12.7. The number of aryl methyl sites for hydroxylation is 1. The molecule has 2 rings (SSSR count). The number of ether oxygens (including phenoxy) is 1. The monoisotopic (exact) mass is 428 g/mol. The van der Waals surface area contributed by atoms with Gasteiger partial charge in [0, 0.05) is 18.8 Å². The Morgan fingerprint density at radius 1 is 1.07 bits per heavy atom. The van der Waals surface area contributed by atoms with Gasteiger partial charge in [-0.2, -0.15) is 0 Å². The summed E-state index contributed by atoms with van der Waals surface area (Å²) in [6, 6.07) is 8.52. The second-order valence-corrected chi connectivity index (χ2v) is 7.25. The van der Waals surface area contributed by atoms with Gasteiger partial charge < -0.3 is 15.0 Å². The second-order valence-electron chi connectivity index (χ2n) is 6.03. The Hall–Kier alpha value is -1.95. The van der Waals surface area contributed by atoms with Crippen molar-refractivity contribution in [1.82, 2.24) is 4.90 Å². The van der Waals surface area contributed by atoms with Crippen molar-refractivity contribution in [1.29, 1.82) is 0 Å². The van der Waals surface area contributed by atoms with Crippen molar-refractivity contribution in [3.8, 4) is 5.75 Å². The lowest BCUT2D eigenvalue weighted by atomic mass is 10.1. The minimum absolute atomic E-state index is 0.106. The minimum Gasteiger partial charge on any atom is -0.482 e. The molecule has 8 heteroatoms. The molecule has 0 radical (unpaired) electrons. The average Bonchev–Trinajstić information content (AvgIpc) is 2.60. The van der Waals surface area contributed by atoms with Crippen LogP contribution in [0.3, 0.4) is 0 Å². The Morgan fingerprint density at radius 3 is 2.44 bits per heavy atom. The number of rotatable bonds is 6. The summed E-state index contributed by atoms with van der Waals surface area (Å²) in [6.45, 7) is 3.50. The van der Waals surface area contributed by atoms with E-state index < -0.39 is 0 Å². The SMILES string of the molecule is Cc1cccc(NC(=O)CN(C)C(=O)COc2cc(Cl)c(Cl)cc2Cl)c1C. The highest BCUT2D eigenvalue weighted by atomic mass is 35.5. The van der Waals surface area contributed by atoms with Gasteiger partial charge in [-0.15, -0.1) is 0 Å². The molecule has 0 aliphatic heterocycles. The van der Waals surface area contributed by atoms with E-state index in [1.165, 1.54) is 24.1 Å². The summed E-state index contributed by atoms with van der Waals surface area (Å²) < 4.78 is 5.39. The molecule has 0 aromatic heterocycles. The Balaban J connectivity index is 1.91. The van der Waals surface area contributed by atoms with Crippen LogP contribution in [-0.4, -0.2) is 36.9 Å². The second kappa shape index (κ2) is 9.31. The summed E-state index contributed by atoms with van der Waals surface area (Å²) in [5, 5.41) is 3.61. The first kappa shape index (κ1) is 21.4. The zero-order valence-electron chi connectivity index (χ0n) is 15.1. The number of nitrogens with one attached hydrogen (secondary N) is 1. The normalized spacial score (nSPS) is 10.4. The van der Waals surface area contributed by atoms with E-state index in [9.17, 15) is 9.59 Å². The number of halogens is 3. The molecular formula is C19H19Cl3N2O3. The molecule has 144 valence electrons. The Morgan fingerprint density at radius 2 is 1.74 bits per heavy atom. The van der Waals surface area contributed by atoms with Crippen molar-refractivity contribution in [2.45, 2.75) is 13.8 Å². The summed E-state index contributed by atoms with van der Waals surface area (Å²) in [6.07, 6.45) is 0. The molecule has 5 nitrogen and oxygen atoms in total. The number of hydrogen-bond acceptors (Lipinski definition) is 3. The first-order valence-electron chi connectivity index (χ1n) is 8.06. The number of amides is 2. The number of hydrogen-bond donors (Lipinski definition) is 1. The van der Waals surface area contributed by atoms with Gasteiger partial charge in [0.2, 0.25) is 5.91 Å². The molecule has 0 bridgehead atoms. The number of anilines is 1. The van der Waals surface area contributed by atoms with Crippen molar-refractivity contribution < 1.29 is 14.3 Å². The number of carbonyl (C=O) groups is 2. The molecular weight excluding hydrogens is 411 g/mol. The van der Waals surface area contributed by atoms with E-state index >= 15 is 0 Å². The predicted octanol–water partition coefficient (Wildman–Crippen LogP) is 4.74. The first-order valence-corrected chi connectivity index (χ1v) is 9.19. The van der Waals surface area contributed by atoms with Crippen LogP contribution < -0.4 is 10.1 Å². The predicted molar refractivity (Wildman–Crippen MR) is 109 cm³/mol. The Kier molecular flexibility index (Phi) is 7.36. The largest absolute Gasteiger partial charge is 0.482 e. The van der Waals surface area contributed by atoms with Gasteiger partial charge in [0.1, 0.15) is 5.75 Å². The zero-order chi connectivity index (χ0) is 20.1. The number of carbonyl (C=O) groups excluding carboxylic acids is 2. The third-order valence-electron chi connectivity index (χ3n) is 4.01. The van der Waals surface area contributed by atoms with Crippen LogP contribution in [0.4, 0.5) is 5.69 Å². The smallest absolute Gasteiger partial charge is 0.260 e. The van der Waals surface area contributed by atoms with E-state index in [0.29, 0.717) is 5.02 Å². The third-order valence-corrected chi connectivity index (χ3v) is 5.03. The molecule has 0 fully saturated rings. The lowest BCUT2D eigenvalue weighted by Gasteiger charge is -2.18. The van der Waals surface area contributed by atoms with Gasteiger partial charge in [-0.3, -0.25) is 9.59 Å². The molecule has 0 aliphatic carbocycles. The van der Waals surface area contributed by atoms with Crippen LogP contribution in [0.25, 0.3) is 0 Å². The molecule has 0 aliphatic rings. The van der Waals surface area contributed by atoms with E-state index in [2.05, 4.69) is 5.32 Å². The maximum atomic E-state index is 12.2. The molecule has 0 heterocycles. The summed E-state index contributed by atoms with van der Waals surface area (Å²) in [7, 11) is 1.52. The molecule has 27 heavy (non-hydrogen) atoms. The lowest BCUT2D eigenvalue weighted by molar-refractivity contribution is -0.135. The van der Waals surface area contributed by atoms with E-state index in [1.807, 2.05) is 32.0 Å². The van der Waals surface area contributed by atoms with E-state index in [0.717, 1.165) is 16.8 Å². The molecule has 2 aromatic rings. The molecule has 1 N–H and O–H groups in total. The van der Waals surface area contributed by atoms with Gasteiger partial charge >= 0.3 is 0 Å². The van der Waals surface area contributed by atoms with E-state index in [1.54, 1.807) is 0 Å². The number of likely N-dealkylation sites (N-methyl/N-ethyl adjacent to an activating group) is 1. The minimum atomic E-state index is -0.381. The molecule has 2 amide bonds. The van der Waals surface area contributed by atoms with Gasteiger partial charge in [-0.05, 0) is 37.1 Å². The third kappa shape index (κ3) is 5.76. The van der Waals surface area contributed by atoms with Crippen LogP contribution >= 0.6 is 34.8 Å². The van der Waals surface area contributed by atoms with Gasteiger partial charge in [-0.1, -0.05) is 46.9 Å². The Labute approximate surface area is 173 Å². The van der Waals surface area contributed by atoms with Crippen molar-refractivity contribution in [2.24, 2.45) is 0 Å². The summed E-state index contributed by atoms with van der Waals surface area (Å²) in [5.74, 6) is -0.437. The van der Waals surface area contributed by atoms with Gasteiger partial charge in [0.05, 0.1) is 21.6 Å². The van der Waals surface area contributed by atoms with E-state index in [4.69, 9.17) is 39.5 Å². The zero-order valence-corrected chi connectivity index (χ0v) is 17.4.